The predicted molar refractivity (Wildman–Crippen MR) is 70.7 cm³/mol. The van der Waals surface area contributed by atoms with Gasteiger partial charge in [-0.2, -0.15) is 5.26 Å². The zero-order valence-corrected chi connectivity index (χ0v) is 9.79. The Balaban J connectivity index is 1.99. The van der Waals surface area contributed by atoms with E-state index in [4.69, 9.17) is 15.6 Å². The van der Waals surface area contributed by atoms with Crippen LogP contribution in [0.4, 0.5) is 17.1 Å². The van der Waals surface area contributed by atoms with Crippen LogP contribution in [0.1, 0.15) is 5.56 Å². The van der Waals surface area contributed by atoms with Crippen LogP contribution in [0.25, 0.3) is 11.0 Å². The van der Waals surface area contributed by atoms with E-state index in [1.54, 1.807) is 24.3 Å². The van der Waals surface area contributed by atoms with Crippen LogP contribution in [-0.4, -0.2) is 10.3 Å². The van der Waals surface area contributed by atoms with Gasteiger partial charge in [0, 0.05) is 5.69 Å². The number of nitrogen functional groups attached to an aromatic ring is 1. The molecular formula is C13H9N5O. The fourth-order valence-corrected chi connectivity index (χ4v) is 1.77. The molecule has 0 spiro atoms. The van der Waals surface area contributed by atoms with Crippen molar-refractivity contribution in [3.8, 4) is 6.07 Å². The summed E-state index contributed by atoms with van der Waals surface area (Å²) < 4.78 is 4.70. The standard InChI is InChI=1S/C13H9N5O/c14-7-8-1-3-9(4-2-8)16-11-6-5-10(15)12-13(11)18-19-17-12/h1-6,16H,15H2. The number of nitrogens with one attached hydrogen (secondary N) is 1. The first-order valence-corrected chi connectivity index (χ1v) is 5.56. The van der Waals surface area contributed by atoms with E-state index in [-0.39, 0.29) is 0 Å². The highest BCUT2D eigenvalue weighted by Crippen LogP contribution is 2.27. The molecule has 6 heteroatoms. The Morgan fingerprint density at radius 3 is 2.53 bits per heavy atom. The fraction of sp³-hybridized carbons (Fsp3) is 0. The van der Waals surface area contributed by atoms with Crippen LogP contribution in [0.5, 0.6) is 0 Å². The molecule has 0 saturated heterocycles. The molecule has 2 aromatic carbocycles. The highest BCUT2D eigenvalue weighted by Gasteiger charge is 2.09. The highest BCUT2D eigenvalue weighted by atomic mass is 16.6. The molecule has 0 radical (unpaired) electrons. The maximum atomic E-state index is 8.75. The minimum atomic E-state index is 0.515. The van der Waals surface area contributed by atoms with Crippen LogP contribution in [-0.2, 0) is 0 Å². The van der Waals surface area contributed by atoms with Gasteiger partial charge in [0.2, 0.25) is 0 Å². The molecule has 1 aromatic heterocycles. The van der Waals surface area contributed by atoms with Gasteiger partial charge in [-0.1, -0.05) is 0 Å². The first-order chi connectivity index (χ1) is 9.28. The Morgan fingerprint density at radius 1 is 1.05 bits per heavy atom. The Morgan fingerprint density at radius 2 is 1.79 bits per heavy atom. The molecule has 3 rings (SSSR count). The third-order valence-electron chi connectivity index (χ3n) is 2.74. The van der Waals surface area contributed by atoms with Crippen molar-refractivity contribution in [2.45, 2.75) is 0 Å². The van der Waals surface area contributed by atoms with Crippen molar-refractivity contribution in [3.63, 3.8) is 0 Å². The molecule has 19 heavy (non-hydrogen) atoms. The molecule has 0 fully saturated rings. The van der Waals surface area contributed by atoms with E-state index in [2.05, 4.69) is 21.7 Å². The molecule has 0 saturated carbocycles. The van der Waals surface area contributed by atoms with Gasteiger partial charge in [0.15, 0.2) is 11.0 Å². The second-order valence-corrected chi connectivity index (χ2v) is 3.98. The van der Waals surface area contributed by atoms with Crippen LogP contribution in [0.2, 0.25) is 0 Å². The van der Waals surface area contributed by atoms with E-state index in [9.17, 15) is 0 Å². The van der Waals surface area contributed by atoms with Gasteiger partial charge in [-0.3, -0.25) is 0 Å². The van der Waals surface area contributed by atoms with E-state index in [0.29, 0.717) is 22.3 Å². The van der Waals surface area contributed by atoms with Crippen molar-refractivity contribution in [2.75, 3.05) is 11.1 Å². The van der Waals surface area contributed by atoms with Gasteiger partial charge in [0.25, 0.3) is 0 Å². The van der Waals surface area contributed by atoms with Crippen molar-refractivity contribution in [1.29, 1.82) is 5.26 Å². The zero-order valence-electron chi connectivity index (χ0n) is 9.79. The van der Waals surface area contributed by atoms with Crippen molar-refractivity contribution in [1.82, 2.24) is 10.3 Å². The maximum Gasteiger partial charge on any atom is 0.160 e. The van der Waals surface area contributed by atoms with Crippen LogP contribution < -0.4 is 11.1 Å². The molecule has 0 amide bonds. The van der Waals surface area contributed by atoms with Gasteiger partial charge >= 0.3 is 0 Å². The van der Waals surface area contributed by atoms with Gasteiger partial charge in [0.1, 0.15) is 0 Å². The van der Waals surface area contributed by atoms with Gasteiger partial charge in [-0.15, -0.1) is 0 Å². The minimum absolute atomic E-state index is 0.515. The number of rotatable bonds is 2. The third-order valence-corrected chi connectivity index (χ3v) is 2.74. The van der Waals surface area contributed by atoms with Gasteiger partial charge in [-0.05, 0) is 46.7 Å². The molecular weight excluding hydrogens is 242 g/mol. The summed E-state index contributed by atoms with van der Waals surface area (Å²) in [5, 5.41) is 19.5. The molecule has 0 unspecified atom stereocenters. The van der Waals surface area contributed by atoms with Crippen LogP contribution in [0.3, 0.4) is 0 Å². The molecule has 0 atom stereocenters. The molecule has 0 aliphatic rings. The lowest BCUT2D eigenvalue weighted by Gasteiger charge is -2.06. The van der Waals surface area contributed by atoms with E-state index in [0.717, 1.165) is 11.4 Å². The molecule has 0 bridgehead atoms. The van der Waals surface area contributed by atoms with Gasteiger partial charge in [-0.25, -0.2) is 4.63 Å². The number of nitrogens with two attached hydrogens (primary N) is 1. The summed E-state index contributed by atoms with van der Waals surface area (Å²) in [4.78, 5) is 0. The Kier molecular flexibility index (Phi) is 2.50. The van der Waals surface area contributed by atoms with Gasteiger partial charge < -0.3 is 11.1 Å². The lowest BCUT2D eigenvalue weighted by Crippen LogP contribution is -1.94. The summed E-state index contributed by atoms with van der Waals surface area (Å²) in [6.07, 6.45) is 0. The number of nitrogens with zero attached hydrogens (tertiary/aromatic N) is 3. The number of benzene rings is 2. The average Bonchev–Trinajstić information content (AvgIpc) is 2.93. The fourth-order valence-electron chi connectivity index (χ4n) is 1.77. The number of nitriles is 1. The van der Waals surface area contributed by atoms with Crippen LogP contribution in [0.15, 0.2) is 41.0 Å². The lowest BCUT2D eigenvalue weighted by atomic mass is 10.2. The Bertz CT molecular complexity index is 770. The van der Waals surface area contributed by atoms with Crippen molar-refractivity contribution in [3.05, 3.63) is 42.0 Å². The largest absolute Gasteiger partial charge is 0.397 e. The van der Waals surface area contributed by atoms with Gasteiger partial charge in [0.05, 0.1) is 23.0 Å². The molecule has 1 heterocycles. The summed E-state index contributed by atoms with van der Waals surface area (Å²) in [6.45, 7) is 0. The quantitative estimate of drug-likeness (QED) is 0.678. The summed E-state index contributed by atoms with van der Waals surface area (Å²) in [5.41, 5.74) is 9.58. The van der Waals surface area contributed by atoms with Crippen molar-refractivity contribution in [2.24, 2.45) is 0 Å². The minimum Gasteiger partial charge on any atom is -0.397 e. The topological polar surface area (TPSA) is 101 Å². The number of anilines is 3. The first-order valence-electron chi connectivity index (χ1n) is 5.56. The molecule has 6 nitrogen and oxygen atoms in total. The molecule has 0 aliphatic heterocycles. The zero-order chi connectivity index (χ0) is 13.2. The monoisotopic (exact) mass is 251 g/mol. The molecule has 3 aromatic rings. The third kappa shape index (κ3) is 1.93. The first kappa shape index (κ1) is 11.0. The maximum absolute atomic E-state index is 8.75. The van der Waals surface area contributed by atoms with Crippen molar-refractivity contribution < 1.29 is 4.63 Å². The van der Waals surface area contributed by atoms with Crippen molar-refractivity contribution >= 4 is 28.1 Å². The van der Waals surface area contributed by atoms with E-state index < -0.39 is 0 Å². The second-order valence-electron chi connectivity index (χ2n) is 3.98. The average molecular weight is 251 g/mol. The number of hydrogen-bond donors (Lipinski definition) is 2. The van der Waals surface area contributed by atoms with Crippen LogP contribution in [0, 0.1) is 11.3 Å². The lowest BCUT2D eigenvalue weighted by molar-refractivity contribution is 0.316. The Hall–Kier alpha value is -3.07. The van der Waals surface area contributed by atoms with E-state index in [1.807, 2.05) is 12.1 Å². The van der Waals surface area contributed by atoms with Crippen LogP contribution >= 0.6 is 0 Å². The number of fused-ring (bicyclic) bond motifs is 1. The highest BCUT2D eigenvalue weighted by molar-refractivity contribution is 5.96. The predicted octanol–water partition coefficient (Wildman–Crippen LogP) is 2.42. The molecule has 0 aliphatic carbocycles. The summed E-state index contributed by atoms with van der Waals surface area (Å²) in [5.74, 6) is 0. The normalized spacial score (nSPS) is 10.3. The molecule has 3 N–H and O–H groups in total. The summed E-state index contributed by atoms with van der Waals surface area (Å²) >= 11 is 0. The summed E-state index contributed by atoms with van der Waals surface area (Å²) in [6, 6.07) is 12.7. The number of aromatic nitrogens is 2. The van der Waals surface area contributed by atoms with E-state index in [1.165, 1.54) is 0 Å². The van der Waals surface area contributed by atoms with E-state index >= 15 is 0 Å². The Labute approximate surface area is 108 Å². The molecule has 92 valence electrons. The second kappa shape index (κ2) is 4.31. The smallest absolute Gasteiger partial charge is 0.160 e. The summed E-state index contributed by atoms with van der Waals surface area (Å²) in [7, 11) is 0. The SMILES string of the molecule is N#Cc1ccc(Nc2ccc(N)c3nonc23)cc1. The number of hydrogen-bond acceptors (Lipinski definition) is 6.